The molecule has 14 heteroatoms. The number of halogens is 2. The normalized spacial score (nSPS) is 22.2. The predicted molar refractivity (Wildman–Crippen MR) is 265 cm³/mol. The number of rotatable bonds is 12. The summed E-state index contributed by atoms with van der Waals surface area (Å²) in [4.78, 5) is 71.4. The fourth-order valence-corrected chi connectivity index (χ4v) is 10.6. The number of ether oxygens (including phenoxy) is 2. The first kappa shape index (κ1) is 48.9. The third-order valence-electron chi connectivity index (χ3n) is 14.3. The van der Waals surface area contributed by atoms with Crippen LogP contribution in [0.15, 0.2) is 97.2 Å². The molecule has 2 aliphatic heterocycles. The number of aromatic nitrogens is 2. The van der Waals surface area contributed by atoms with Crippen LogP contribution in [0.5, 0.6) is 11.5 Å². The zero-order chi connectivity index (χ0) is 48.1. The molecule has 0 unspecified atom stereocenters. The largest absolute Gasteiger partial charge is 0.457 e. The second kappa shape index (κ2) is 21.8. The van der Waals surface area contributed by atoms with Gasteiger partial charge in [0.2, 0.25) is 17.7 Å². The molecule has 0 spiro atoms. The van der Waals surface area contributed by atoms with Crippen molar-refractivity contribution in [1.29, 1.82) is 0 Å². The van der Waals surface area contributed by atoms with Crippen molar-refractivity contribution < 1.29 is 28.7 Å². The third-order valence-corrected chi connectivity index (χ3v) is 14.8. The number of benzene rings is 4. The molecule has 0 bridgehead atoms. The van der Waals surface area contributed by atoms with Gasteiger partial charge in [-0.2, -0.15) is 0 Å². The number of methoxy groups -OCH3 is 1. The van der Waals surface area contributed by atoms with Crippen LogP contribution in [0.2, 0.25) is 10.0 Å². The standard InChI is InChI=1S/C54H62Cl2N6O6/c1-35-49(63)27-40(34-67-5)53(65)59(3)43(26-36-12-18-41(55)19-13-36)32-58(2)54(66)47(46-23-17-37-10-6-7-11-45(37)46)29-52(64)62(35)31-39-14-20-42(56)28-50(39)68-44-21-15-38(16-22-44)48-30-57-51(60(48)4)33-61-24-8-9-25-61/h6-7,10-16,18-22,28,30,35,40,43,46-47H,8-9,17,23-27,29,31-34H2,1-5H3/t35-,40-,43+,46-,47-/m0/s1. The number of carbonyl (C=O) groups is 4. The van der Waals surface area contributed by atoms with Crippen LogP contribution in [0, 0.1) is 11.8 Å². The van der Waals surface area contributed by atoms with Crippen molar-refractivity contribution >= 4 is 46.7 Å². The summed E-state index contributed by atoms with van der Waals surface area (Å²) in [6, 6.07) is 27.1. The zero-order valence-corrected chi connectivity index (χ0v) is 41.2. The summed E-state index contributed by atoms with van der Waals surface area (Å²) in [5, 5.41) is 1.03. The Kier molecular flexibility index (Phi) is 15.7. The van der Waals surface area contributed by atoms with Gasteiger partial charge in [-0.1, -0.05) is 65.7 Å². The van der Waals surface area contributed by atoms with Crippen molar-refractivity contribution in [2.24, 2.45) is 18.9 Å². The third kappa shape index (κ3) is 11.2. The van der Waals surface area contributed by atoms with E-state index in [2.05, 4.69) is 21.6 Å². The van der Waals surface area contributed by atoms with Gasteiger partial charge in [-0.25, -0.2) is 4.98 Å². The Balaban J connectivity index is 1.11. The fraction of sp³-hybridized carbons (Fsp3) is 0.426. The number of carbonyl (C=O) groups excluding carboxylic acids is 4. The monoisotopic (exact) mass is 960 g/mol. The average molecular weight is 962 g/mol. The first-order valence-electron chi connectivity index (χ1n) is 23.7. The number of likely N-dealkylation sites (N-methyl/N-ethyl adjacent to an activating group) is 2. The zero-order valence-electron chi connectivity index (χ0n) is 39.7. The number of fused-ring (bicyclic) bond motifs is 1. The molecule has 3 heterocycles. The van der Waals surface area contributed by atoms with E-state index in [4.69, 9.17) is 37.7 Å². The lowest BCUT2D eigenvalue weighted by atomic mass is 9.83. The van der Waals surface area contributed by atoms with Crippen molar-refractivity contribution in [3.05, 3.63) is 135 Å². The van der Waals surface area contributed by atoms with Gasteiger partial charge in [0.05, 0.1) is 55.5 Å². The molecule has 68 heavy (non-hydrogen) atoms. The van der Waals surface area contributed by atoms with Crippen LogP contribution in [-0.2, 0) is 56.9 Å². The molecule has 4 aromatic carbocycles. The minimum absolute atomic E-state index is 0.00446. The smallest absolute Gasteiger partial charge is 0.228 e. The average Bonchev–Trinajstić information content (AvgIpc) is 4.11. The van der Waals surface area contributed by atoms with Gasteiger partial charge in [0.15, 0.2) is 5.78 Å². The Morgan fingerprint density at radius 3 is 2.25 bits per heavy atom. The van der Waals surface area contributed by atoms with Gasteiger partial charge in [-0.3, -0.25) is 24.1 Å². The quantitative estimate of drug-likeness (QED) is 0.122. The Morgan fingerprint density at radius 1 is 0.794 bits per heavy atom. The Hall–Kier alpha value is -5.53. The van der Waals surface area contributed by atoms with Crippen LogP contribution in [0.3, 0.4) is 0 Å². The number of ketones is 1. The van der Waals surface area contributed by atoms with Crippen LogP contribution in [0.4, 0.5) is 0 Å². The number of aryl methyl sites for hydroxylation is 1. The predicted octanol–water partition coefficient (Wildman–Crippen LogP) is 9.00. The highest BCUT2D eigenvalue weighted by atomic mass is 35.5. The van der Waals surface area contributed by atoms with E-state index >= 15 is 9.59 Å². The molecule has 2 saturated heterocycles. The summed E-state index contributed by atoms with van der Waals surface area (Å²) in [7, 11) is 7.03. The molecule has 5 atom stereocenters. The topological polar surface area (TPSA) is 118 Å². The molecule has 8 rings (SSSR count). The molecule has 358 valence electrons. The van der Waals surface area contributed by atoms with E-state index in [0.717, 1.165) is 59.8 Å². The second-order valence-corrected chi connectivity index (χ2v) is 19.7. The molecule has 5 aromatic rings. The molecule has 12 nitrogen and oxygen atoms in total. The number of Topliss-reactive ketones (excluding diaryl/α,β-unsaturated/α-hetero) is 1. The van der Waals surface area contributed by atoms with Gasteiger partial charge in [-0.15, -0.1) is 0 Å². The highest BCUT2D eigenvalue weighted by Crippen LogP contribution is 2.41. The van der Waals surface area contributed by atoms with Crippen LogP contribution in [-0.4, -0.2) is 112 Å². The van der Waals surface area contributed by atoms with E-state index in [-0.39, 0.29) is 62.0 Å². The molecule has 3 aliphatic rings. The van der Waals surface area contributed by atoms with Gasteiger partial charge in [0.1, 0.15) is 17.3 Å². The van der Waals surface area contributed by atoms with Gasteiger partial charge >= 0.3 is 0 Å². The van der Waals surface area contributed by atoms with Crippen LogP contribution in [0.25, 0.3) is 11.3 Å². The summed E-state index contributed by atoms with van der Waals surface area (Å²) >= 11 is 12.9. The van der Waals surface area contributed by atoms with Crippen LogP contribution >= 0.6 is 23.2 Å². The molecule has 0 N–H and O–H groups in total. The lowest BCUT2D eigenvalue weighted by Gasteiger charge is -2.38. The summed E-state index contributed by atoms with van der Waals surface area (Å²) < 4.78 is 14.2. The molecule has 0 saturated carbocycles. The highest BCUT2D eigenvalue weighted by Gasteiger charge is 2.41. The number of imidazole rings is 1. The van der Waals surface area contributed by atoms with Gasteiger partial charge in [0, 0.05) is 68.8 Å². The fourth-order valence-electron chi connectivity index (χ4n) is 10.3. The summed E-state index contributed by atoms with van der Waals surface area (Å²) in [5.41, 5.74) is 5.76. The second-order valence-electron chi connectivity index (χ2n) is 18.8. The molecule has 1 aliphatic carbocycles. The maximum Gasteiger partial charge on any atom is 0.228 e. The minimum atomic E-state index is -0.978. The maximum atomic E-state index is 15.2. The Bertz CT molecular complexity index is 2600. The molecule has 1 aromatic heterocycles. The van der Waals surface area contributed by atoms with E-state index in [1.807, 2.05) is 61.8 Å². The van der Waals surface area contributed by atoms with Crippen LogP contribution < -0.4 is 4.74 Å². The van der Waals surface area contributed by atoms with Crippen molar-refractivity contribution in [3.63, 3.8) is 0 Å². The van der Waals surface area contributed by atoms with Gasteiger partial charge in [-0.05, 0) is 123 Å². The number of hydrogen-bond acceptors (Lipinski definition) is 8. The first-order valence-corrected chi connectivity index (χ1v) is 24.5. The van der Waals surface area contributed by atoms with E-state index < -0.39 is 23.9 Å². The number of amides is 3. The number of likely N-dealkylation sites (tertiary alicyclic amines) is 1. The Labute approximate surface area is 410 Å². The Morgan fingerprint density at radius 2 is 1.51 bits per heavy atom. The lowest BCUT2D eigenvalue weighted by molar-refractivity contribution is -0.148. The van der Waals surface area contributed by atoms with Crippen molar-refractivity contribution in [2.45, 2.75) is 83.0 Å². The van der Waals surface area contributed by atoms with E-state index in [9.17, 15) is 9.59 Å². The minimum Gasteiger partial charge on any atom is -0.457 e. The molecular weight excluding hydrogens is 900 g/mol. The highest BCUT2D eigenvalue weighted by molar-refractivity contribution is 6.31. The molecule has 3 amide bonds. The number of hydrogen-bond donors (Lipinski definition) is 0. The maximum absolute atomic E-state index is 15.2. The molecule has 2 fully saturated rings. The van der Waals surface area contributed by atoms with Gasteiger partial charge < -0.3 is 28.7 Å². The molecule has 0 radical (unpaired) electrons. The SMILES string of the molecule is COC[C@@H]1CC(=O)[C@H](C)N(Cc2ccc(Cl)cc2Oc2ccc(-c3cnc(CN4CCCC4)n3C)cc2)C(=O)C[C@@H]([C@H]2CCc3ccccc32)C(=O)N(C)C[C@@H](Cc2ccc(Cl)cc2)N(C)C1=O. The van der Waals surface area contributed by atoms with Crippen molar-refractivity contribution in [2.75, 3.05) is 47.4 Å². The first-order chi connectivity index (χ1) is 32.8. The van der Waals surface area contributed by atoms with Gasteiger partial charge in [0.25, 0.3) is 0 Å². The van der Waals surface area contributed by atoms with Crippen molar-refractivity contribution in [3.8, 4) is 22.8 Å². The summed E-state index contributed by atoms with van der Waals surface area (Å²) in [5.74, 6) is -0.943. The molecular formula is C54H62Cl2N6O6. The van der Waals surface area contributed by atoms with E-state index in [1.54, 1.807) is 61.2 Å². The van der Waals surface area contributed by atoms with E-state index in [0.29, 0.717) is 39.9 Å². The lowest BCUT2D eigenvalue weighted by Crippen LogP contribution is -2.52. The summed E-state index contributed by atoms with van der Waals surface area (Å²) in [6.45, 7) is 4.88. The van der Waals surface area contributed by atoms with E-state index in [1.165, 1.54) is 24.9 Å². The number of nitrogens with zero attached hydrogens (tertiary/aromatic N) is 6. The summed E-state index contributed by atoms with van der Waals surface area (Å²) in [6.07, 6.45) is 5.98. The van der Waals surface area contributed by atoms with Crippen molar-refractivity contribution in [1.82, 2.24) is 29.2 Å². The van der Waals surface area contributed by atoms with Crippen LogP contribution in [0.1, 0.15) is 73.0 Å².